The van der Waals surface area contributed by atoms with Crippen LogP contribution in [0.1, 0.15) is 31.2 Å². The molecule has 0 aliphatic rings. The van der Waals surface area contributed by atoms with E-state index < -0.39 is 0 Å². The van der Waals surface area contributed by atoms with Crippen LogP contribution < -0.4 is 10.9 Å². The van der Waals surface area contributed by atoms with Crippen molar-refractivity contribution in [2.75, 3.05) is 5.32 Å². The van der Waals surface area contributed by atoms with Gasteiger partial charge in [-0.15, -0.1) is 0 Å². The third kappa shape index (κ3) is 3.58. The Morgan fingerprint density at radius 1 is 1.40 bits per heavy atom. The van der Waals surface area contributed by atoms with Crippen molar-refractivity contribution in [3.63, 3.8) is 0 Å². The van der Waals surface area contributed by atoms with Crippen LogP contribution >= 0.6 is 22.6 Å². The van der Waals surface area contributed by atoms with Gasteiger partial charge in [0.25, 0.3) is 5.56 Å². The predicted octanol–water partition coefficient (Wildman–Crippen LogP) is 2.57. The van der Waals surface area contributed by atoms with E-state index in [1.165, 1.54) is 4.68 Å². The first-order valence-corrected chi connectivity index (χ1v) is 8.93. The van der Waals surface area contributed by atoms with Crippen LogP contribution in [0.3, 0.4) is 0 Å². The van der Waals surface area contributed by atoms with Crippen LogP contribution in [0.4, 0.5) is 5.69 Å². The molecule has 0 spiro atoms. The van der Waals surface area contributed by atoms with E-state index in [0.29, 0.717) is 11.2 Å². The van der Waals surface area contributed by atoms with Gasteiger partial charge in [0.1, 0.15) is 17.9 Å². The minimum Gasteiger partial charge on any atom is -0.324 e. The number of nitrogens with zero attached hydrogens (tertiary/aromatic N) is 4. The molecule has 1 amide bonds. The molecule has 0 bridgehead atoms. The number of fused-ring (bicyclic) bond motifs is 1. The van der Waals surface area contributed by atoms with Crippen molar-refractivity contribution in [1.82, 2.24) is 19.2 Å². The van der Waals surface area contributed by atoms with Gasteiger partial charge in [-0.1, -0.05) is 13.8 Å². The summed E-state index contributed by atoms with van der Waals surface area (Å²) in [4.78, 5) is 29.0. The van der Waals surface area contributed by atoms with Crippen LogP contribution in [-0.2, 0) is 11.3 Å². The average molecular weight is 451 g/mol. The van der Waals surface area contributed by atoms with Crippen LogP contribution in [-0.4, -0.2) is 25.1 Å². The van der Waals surface area contributed by atoms with Crippen LogP contribution in [0.2, 0.25) is 0 Å². The first-order valence-electron chi connectivity index (χ1n) is 7.86. The Morgan fingerprint density at radius 2 is 2.16 bits per heavy atom. The van der Waals surface area contributed by atoms with Crippen LogP contribution in [0.5, 0.6) is 0 Å². The molecular formula is C17H18IN5O2. The van der Waals surface area contributed by atoms with Crippen LogP contribution in [0.25, 0.3) is 5.52 Å². The van der Waals surface area contributed by atoms with E-state index in [1.54, 1.807) is 28.9 Å². The van der Waals surface area contributed by atoms with Gasteiger partial charge in [0.05, 0.1) is 0 Å². The predicted molar refractivity (Wildman–Crippen MR) is 104 cm³/mol. The third-order valence-corrected chi connectivity index (χ3v) is 4.40. The molecule has 8 heteroatoms. The largest absolute Gasteiger partial charge is 0.324 e. The molecule has 0 atom stereocenters. The summed E-state index contributed by atoms with van der Waals surface area (Å²) < 4.78 is 3.98. The second-order valence-electron chi connectivity index (χ2n) is 6.13. The lowest BCUT2D eigenvalue weighted by atomic mass is 10.2. The van der Waals surface area contributed by atoms with Gasteiger partial charge in [0.2, 0.25) is 5.91 Å². The Morgan fingerprint density at radius 3 is 2.84 bits per heavy atom. The third-order valence-electron chi connectivity index (χ3n) is 3.81. The zero-order chi connectivity index (χ0) is 18.1. The number of aromatic nitrogens is 4. The number of hydrogen-bond acceptors (Lipinski definition) is 4. The number of anilines is 1. The van der Waals surface area contributed by atoms with E-state index in [2.05, 4.69) is 38.0 Å². The molecule has 25 heavy (non-hydrogen) atoms. The molecule has 0 saturated heterocycles. The van der Waals surface area contributed by atoms with E-state index in [1.807, 2.05) is 27.0 Å². The van der Waals surface area contributed by atoms with Gasteiger partial charge in [0.15, 0.2) is 0 Å². The maximum Gasteiger partial charge on any atom is 0.291 e. The molecule has 0 fully saturated rings. The number of carbonyl (C=O) groups excluding carboxylic acids is 1. The normalized spacial score (nSPS) is 11.2. The number of amides is 1. The molecule has 3 heterocycles. The van der Waals surface area contributed by atoms with Crippen molar-refractivity contribution in [1.29, 1.82) is 0 Å². The number of rotatable bonds is 4. The summed E-state index contributed by atoms with van der Waals surface area (Å²) >= 11 is 2.16. The molecule has 1 N–H and O–H groups in total. The number of carbonyl (C=O) groups is 1. The maximum absolute atomic E-state index is 12.7. The molecule has 3 rings (SSSR count). The molecule has 3 aromatic heterocycles. The minimum atomic E-state index is -0.302. The van der Waals surface area contributed by atoms with Crippen molar-refractivity contribution >= 4 is 39.7 Å². The van der Waals surface area contributed by atoms with Gasteiger partial charge < -0.3 is 5.32 Å². The quantitative estimate of drug-likeness (QED) is 0.619. The molecule has 0 saturated carbocycles. The van der Waals surface area contributed by atoms with E-state index in [9.17, 15) is 9.59 Å². The number of hydrogen-bond donors (Lipinski definition) is 1. The van der Waals surface area contributed by atoms with E-state index in [0.717, 1.165) is 15.0 Å². The smallest absolute Gasteiger partial charge is 0.291 e. The van der Waals surface area contributed by atoms with Gasteiger partial charge in [-0.2, -0.15) is 5.10 Å². The fourth-order valence-electron chi connectivity index (χ4n) is 2.57. The monoisotopic (exact) mass is 451 g/mol. The van der Waals surface area contributed by atoms with Gasteiger partial charge in [0, 0.05) is 33.8 Å². The van der Waals surface area contributed by atoms with Crippen molar-refractivity contribution in [3.8, 4) is 0 Å². The molecule has 3 aromatic rings. The molecule has 0 aliphatic heterocycles. The first-order chi connectivity index (χ1) is 11.9. The molecule has 0 unspecified atom stereocenters. The van der Waals surface area contributed by atoms with E-state index in [4.69, 9.17) is 0 Å². The van der Waals surface area contributed by atoms with Crippen molar-refractivity contribution in [3.05, 3.63) is 56.0 Å². The summed E-state index contributed by atoms with van der Waals surface area (Å²) in [6.45, 7) is 5.73. The summed E-state index contributed by atoms with van der Waals surface area (Å²) in [5, 5.41) is 7.21. The van der Waals surface area contributed by atoms with Gasteiger partial charge >= 0.3 is 0 Å². The van der Waals surface area contributed by atoms with Crippen molar-refractivity contribution < 1.29 is 4.79 Å². The number of nitrogens with one attached hydrogen (secondary N) is 1. The molecular weight excluding hydrogens is 433 g/mol. The molecule has 0 aliphatic carbocycles. The average Bonchev–Trinajstić information content (AvgIpc) is 2.94. The Hall–Kier alpha value is -2.23. The molecule has 0 aromatic carbocycles. The Kier molecular flexibility index (Phi) is 4.89. The fourth-order valence-corrected chi connectivity index (χ4v) is 3.15. The minimum absolute atomic E-state index is 0.114. The second kappa shape index (κ2) is 6.95. The Labute approximate surface area is 158 Å². The van der Waals surface area contributed by atoms with E-state index in [-0.39, 0.29) is 23.9 Å². The van der Waals surface area contributed by atoms with Gasteiger partial charge in [-0.3, -0.25) is 19.0 Å². The lowest BCUT2D eigenvalue weighted by Crippen LogP contribution is -2.32. The highest BCUT2D eigenvalue weighted by Gasteiger charge is 2.16. The highest BCUT2D eigenvalue weighted by Crippen LogP contribution is 2.16. The fraction of sp³-hybridized carbons (Fsp3) is 0.294. The Bertz CT molecular complexity index is 1010. The summed E-state index contributed by atoms with van der Waals surface area (Å²) in [5.41, 5.74) is 1.77. The standard InChI is InChI=1S/C17H18IN5O2/c1-10(2)16-21-23(17(25)14-6-12(18)8-22(14)16)9-15(24)20-13-4-5-19-7-11(13)3/h4-8,10H,9H2,1-3H3,(H,19,20,24). The van der Waals surface area contributed by atoms with Crippen LogP contribution in [0, 0.1) is 10.5 Å². The Balaban J connectivity index is 1.96. The molecule has 130 valence electrons. The topological polar surface area (TPSA) is 81.3 Å². The zero-order valence-electron chi connectivity index (χ0n) is 14.2. The van der Waals surface area contributed by atoms with Crippen molar-refractivity contribution in [2.45, 2.75) is 33.2 Å². The number of pyridine rings is 1. The second-order valence-corrected chi connectivity index (χ2v) is 7.37. The number of halogens is 1. The van der Waals surface area contributed by atoms with E-state index >= 15 is 0 Å². The maximum atomic E-state index is 12.7. The zero-order valence-corrected chi connectivity index (χ0v) is 16.3. The van der Waals surface area contributed by atoms with Gasteiger partial charge in [-0.05, 0) is 47.2 Å². The highest BCUT2D eigenvalue weighted by molar-refractivity contribution is 14.1. The highest BCUT2D eigenvalue weighted by atomic mass is 127. The lowest BCUT2D eigenvalue weighted by Gasteiger charge is -2.13. The summed E-state index contributed by atoms with van der Waals surface area (Å²) in [6, 6.07) is 3.53. The molecule has 0 radical (unpaired) electrons. The number of aryl methyl sites for hydroxylation is 1. The lowest BCUT2D eigenvalue weighted by molar-refractivity contribution is -0.117. The first kappa shape index (κ1) is 17.6. The van der Waals surface area contributed by atoms with Crippen LogP contribution in [0.15, 0.2) is 35.5 Å². The summed E-state index contributed by atoms with van der Waals surface area (Å²) in [6.07, 6.45) is 5.16. The summed E-state index contributed by atoms with van der Waals surface area (Å²) in [5.74, 6) is 0.553. The van der Waals surface area contributed by atoms with Gasteiger partial charge in [-0.25, -0.2) is 4.68 Å². The molecule has 7 nitrogen and oxygen atoms in total. The SMILES string of the molecule is Cc1cnccc1NC(=O)Cn1nc(C(C)C)n2cc(I)cc2c1=O. The summed E-state index contributed by atoms with van der Waals surface area (Å²) in [7, 11) is 0. The van der Waals surface area contributed by atoms with Crippen molar-refractivity contribution in [2.24, 2.45) is 0 Å².